The molecule has 1 saturated heterocycles. The van der Waals surface area contributed by atoms with Gasteiger partial charge in [0.1, 0.15) is 5.82 Å². The first-order chi connectivity index (χ1) is 18.1. The zero-order valence-electron chi connectivity index (χ0n) is 21.6. The number of anilines is 1. The van der Waals surface area contributed by atoms with E-state index in [-0.39, 0.29) is 5.91 Å². The largest absolute Gasteiger partial charge is 0.379 e. The Morgan fingerprint density at radius 3 is 2.65 bits per heavy atom. The van der Waals surface area contributed by atoms with Crippen molar-refractivity contribution in [1.82, 2.24) is 20.2 Å². The molecule has 196 valence electrons. The molecule has 1 aliphatic heterocycles. The molecule has 1 fully saturated rings. The maximum Gasteiger partial charge on any atom is 0.251 e. The highest BCUT2D eigenvalue weighted by Gasteiger charge is 2.13. The van der Waals surface area contributed by atoms with Gasteiger partial charge in [0.25, 0.3) is 5.91 Å². The Morgan fingerprint density at radius 2 is 1.86 bits per heavy atom. The minimum Gasteiger partial charge on any atom is -0.379 e. The molecule has 0 bridgehead atoms. The van der Waals surface area contributed by atoms with Gasteiger partial charge in [0, 0.05) is 64.3 Å². The van der Waals surface area contributed by atoms with Crippen LogP contribution in [-0.2, 0) is 28.4 Å². The van der Waals surface area contributed by atoms with Crippen LogP contribution in [0, 0.1) is 0 Å². The first-order valence-electron chi connectivity index (χ1n) is 12.5. The maximum atomic E-state index is 12.7. The number of benzene rings is 2. The molecule has 8 nitrogen and oxygen atoms in total. The molecule has 2 heterocycles. The van der Waals surface area contributed by atoms with E-state index in [1.807, 2.05) is 55.6 Å². The fourth-order valence-electron chi connectivity index (χ4n) is 4.08. The van der Waals surface area contributed by atoms with Gasteiger partial charge >= 0.3 is 0 Å². The SMILES string of the molecule is COCc1cc(N(C)Cc2ccccc2)nc(SCc2cccc(C(=O)NCCN3CCOCC3)c2)n1. The lowest BCUT2D eigenvalue weighted by Gasteiger charge is -2.26. The van der Waals surface area contributed by atoms with Crippen molar-refractivity contribution in [3.63, 3.8) is 0 Å². The summed E-state index contributed by atoms with van der Waals surface area (Å²) in [4.78, 5) is 26.6. The first-order valence-corrected chi connectivity index (χ1v) is 13.5. The van der Waals surface area contributed by atoms with Gasteiger partial charge in [0.2, 0.25) is 0 Å². The van der Waals surface area contributed by atoms with Crippen molar-refractivity contribution in [2.24, 2.45) is 0 Å². The summed E-state index contributed by atoms with van der Waals surface area (Å²) in [6, 6.07) is 20.0. The molecule has 1 aliphatic rings. The topological polar surface area (TPSA) is 79.8 Å². The number of nitrogens with one attached hydrogen (secondary N) is 1. The zero-order chi connectivity index (χ0) is 25.9. The lowest BCUT2D eigenvalue weighted by molar-refractivity contribution is 0.0383. The monoisotopic (exact) mass is 521 g/mol. The molecular formula is C28H35N5O3S. The lowest BCUT2D eigenvalue weighted by atomic mass is 10.1. The number of aromatic nitrogens is 2. The van der Waals surface area contributed by atoms with Gasteiger partial charge in [-0.3, -0.25) is 9.69 Å². The average molecular weight is 522 g/mol. The van der Waals surface area contributed by atoms with Gasteiger partial charge in [0.15, 0.2) is 5.16 Å². The van der Waals surface area contributed by atoms with Crippen LogP contribution in [0.25, 0.3) is 0 Å². The Kier molecular flexibility index (Phi) is 10.3. The summed E-state index contributed by atoms with van der Waals surface area (Å²) >= 11 is 1.55. The molecule has 1 N–H and O–H groups in total. The van der Waals surface area contributed by atoms with Gasteiger partial charge in [-0.15, -0.1) is 0 Å². The highest BCUT2D eigenvalue weighted by atomic mass is 32.2. The van der Waals surface area contributed by atoms with Crippen LogP contribution in [0.2, 0.25) is 0 Å². The van der Waals surface area contributed by atoms with Crippen molar-refractivity contribution in [1.29, 1.82) is 0 Å². The van der Waals surface area contributed by atoms with Gasteiger partial charge in [-0.2, -0.15) is 0 Å². The highest BCUT2D eigenvalue weighted by Crippen LogP contribution is 2.24. The number of carbonyl (C=O) groups excluding carboxylic acids is 1. The second kappa shape index (κ2) is 14.1. The van der Waals surface area contributed by atoms with Gasteiger partial charge in [0.05, 0.1) is 25.5 Å². The summed E-state index contributed by atoms with van der Waals surface area (Å²) in [5, 5.41) is 3.72. The summed E-state index contributed by atoms with van der Waals surface area (Å²) in [6.07, 6.45) is 0. The Hall–Kier alpha value is -2.98. The van der Waals surface area contributed by atoms with Crippen LogP contribution in [0.15, 0.2) is 65.8 Å². The van der Waals surface area contributed by atoms with E-state index in [2.05, 4.69) is 32.2 Å². The third kappa shape index (κ3) is 8.53. The number of ether oxygens (including phenoxy) is 2. The maximum absolute atomic E-state index is 12.7. The molecule has 0 unspecified atom stereocenters. The molecule has 37 heavy (non-hydrogen) atoms. The molecule has 2 aromatic carbocycles. The molecule has 0 atom stereocenters. The summed E-state index contributed by atoms with van der Waals surface area (Å²) < 4.78 is 10.7. The van der Waals surface area contributed by atoms with Crippen LogP contribution < -0.4 is 10.2 Å². The quantitative estimate of drug-likeness (QED) is 0.286. The van der Waals surface area contributed by atoms with Crippen LogP contribution in [0.5, 0.6) is 0 Å². The summed E-state index contributed by atoms with van der Waals surface area (Å²) in [7, 11) is 3.70. The fourth-order valence-corrected chi connectivity index (χ4v) is 4.90. The van der Waals surface area contributed by atoms with E-state index >= 15 is 0 Å². The van der Waals surface area contributed by atoms with E-state index < -0.39 is 0 Å². The fraction of sp³-hybridized carbons (Fsp3) is 0.393. The van der Waals surface area contributed by atoms with Gasteiger partial charge in [-0.05, 0) is 23.3 Å². The number of amides is 1. The number of morpholine rings is 1. The molecule has 4 rings (SSSR count). The molecule has 1 amide bonds. The molecule has 0 spiro atoms. The Bertz CT molecular complexity index is 1140. The van der Waals surface area contributed by atoms with Crippen molar-refractivity contribution in [3.05, 3.63) is 83.0 Å². The second-order valence-corrected chi connectivity index (χ2v) is 9.92. The number of carbonyl (C=O) groups is 1. The highest BCUT2D eigenvalue weighted by molar-refractivity contribution is 7.98. The van der Waals surface area contributed by atoms with E-state index in [9.17, 15) is 4.79 Å². The van der Waals surface area contributed by atoms with Gasteiger partial charge in [-0.25, -0.2) is 9.97 Å². The number of rotatable bonds is 12. The van der Waals surface area contributed by atoms with Gasteiger partial charge in [-0.1, -0.05) is 54.2 Å². The number of hydrogen-bond donors (Lipinski definition) is 1. The average Bonchev–Trinajstić information content (AvgIpc) is 2.93. The Balaban J connectivity index is 1.36. The van der Waals surface area contributed by atoms with Gasteiger partial charge < -0.3 is 19.7 Å². The lowest BCUT2D eigenvalue weighted by Crippen LogP contribution is -2.41. The standard InChI is InChI=1S/C28H35N5O3S/c1-32(19-22-7-4-3-5-8-22)26-18-25(20-35-2)30-28(31-26)37-21-23-9-6-10-24(17-23)27(34)29-11-12-33-13-15-36-16-14-33/h3-10,17-18H,11-16,19-21H2,1-2H3,(H,29,34). The third-order valence-corrected chi connectivity index (χ3v) is 6.98. The van der Waals surface area contributed by atoms with Crippen molar-refractivity contribution >= 4 is 23.5 Å². The number of nitrogens with zero attached hydrogens (tertiary/aromatic N) is 4. The second-order valence-electron chi connectivity index (χ2n) is 8.97. The molecule has 9 heteroatoms. The summed E-state index contributed by atoms with van der Waals surface area (Å²) in [6.45, 7) is 5.98. The van der Waals surface area contributed by atoms with E-state index in [4.69, 9.17) is 14.5 Å². The smallest absolute Gasteiger partial charge is 0.251 e. The van der Waals surface area contributed by atoms with Crippen molar-refractivity contribution in [3.8, 4) is 0 Å². The van der Waals surface area contributed by atoms with Crippen LogP contribution in [0.3, 0.4) is 0 Å². The predicted molar refractivity (Wildman–Crippen MR) is 147 cm³/mol. The first kappa shape index (κ1) is 27.1. The minimum absolute atomic E-state index is 0.0525. The van der Waals surface area contributed by atoms with Crippen molar-refractivity contribution in [2.75, 3.05) is 58.5 Å². The van der Waals surface area contributed by atoms with Crippen LogP contribution >= 0.6 is 11.8 Å². The summed E-state index contributed by atoms with van der Waals surface area (Å²) in [5.41, 5.74) is 3.76. The molecule has 1 aromatic heterocycles. The van der Waals surface area contributed by atoms with Crippen molar-refractivity contribution < 1.29 is 14.3 Å². The molecular weight excluding hydrogens is 486 g/mol. The molecule has 3 aromatic rings. The van der Waals surface area contributed by atoms with Crippen LogP contribution in [0.4, 0.5) is 5.82 Å². The van der Waals surface area contributed by atoms with Crippen molar-refractivity contribution in [2.45, 2.75) is 24.1 Å². The third-order valence-electron chi connectivity index (χ3n) is 6.07. The minimum atomic E-state index is -0.0525. The zero-order valence-corrected chi connectivity index (χ0v) is 22.4. The van der Waals surface area contributed by atoms with E-state index in [1.165, 1.54) is 5.56 Å². The number of methoxy groups -OCH3 is 1. The van der Waals surface area contributed by atoms with E-state index in [0.717, 1.165) is 56.5 Å². The summed E-state index contributed by atoms with van der Waals surface area (Å²) in [5.74, 6) is 1.46. The van der Waals surface area contributed by atoms with E-state index in [1.54, 1.807) is 18.9 Å². The molecule has 0 aliphatic carbocycles. The number of thioether (sulfide) groups is 1. The number of hydrogen-bond acceptors (Lipinski definition) is 8. The normalized spacial score (nSPS) is 13.9. The predicted octanol–water partition coefficient (Wildman–Crippen LogP) is 3.61. The Labute approximate surface area is 223 Å². The Morgan fingerprint density at radius 1 is 1.08 bits per heavy atom. The van der Waals surface area contributed by atoms with E-state index in [0.29, 0.717) is 29.6 Å². The molecule has 0 radical (unpaired) electrons. The van der Waals surface area contributed by atoms with Crippen LogP contribution in [0.1, 0.15) is 27.2 Å². The van der Waals surface area contributed by atoms with Crippen LogP contribution in [-0.4, -0.2) is 74.3 Å². The molecule has 0 saturated carbocycles.